The Morgan fingerprint density at radius 3 is 2.21 bits per heavy atom. The lowest BCUT2D eigenvalue weighted by molar-refractivity contribution is -0.159. The van der Waals surface area contributed by atoms with E-state index in [9.17, 15) is 9.59 Å². The van der Waals surface area contributed by atoms with E-state index in [1.165, 1.54) is 0 Å². The molecule has 0 aliphatic heterocycles. The summed E-state index contributed by atoms with van der Waals surface area (Å²) in [6.07, 6.45) is -0.243. The largest absolute Gasteiger partial charge is 0.460 e. The number of hydrogen-bond acceptors (Lipinski definition) is 6. The molecule has 0 aromatic heterocycles. The highest BCUT2D eigenvalue weighted by atomic mass is 16.7. The van der Waals surface area contributed by atoms with Crippen LogP contribution in [0.5, 0.6) is 0 Å². The highest BCUT2D eigenvalue weighted by molar-refractivity contribution is 5.82. The number of rotatable bonds is 3. The number of esters is 1. The van der Waals surface area contributed by atoms with Gasteiger partial charge in [-0.15, -0.1) is 0 Å². The van der Waals surface area contributed by atoms with Crippen LogP contribution in [0, 0.1) is 0 Å². The van der Waals surface area contributed by atoms with Crippen LogP contribution in [0.3, 0.4) is 0 Å². The second kappa shape index (κ2) is 4.92. The molecule has 0 aromatic rings. The monoisotopic (exact) mass is 204 g/mol. The van der Waals surface area contributed by atoms with Gasteiger partial charge in [-0.2, -0.15) is 5.90 Å². The fourth-order valence-corrected chi connectivity index (χ4v) is 0.733. The molecule has 4 N–H and O–H groups in total. The first-order valence-corrected chi connectivity index (χ1v) is 4.14. The average Bonchev–Trinajstić information content (AvgIpc) is 1.99. The molecule has 0 radical (unpaired) electrons. The minimum atomic E-state index is -1.07. The third-order valence-electron chi connectivity index (χ3n) is 1.23. The van der Waals surface area contributed by atoms with Crippen LogP contribution in [-0.4, -0.2) is 23.6 Å². The molecule has 1 atom stereocenters. The Labute approximate surface area is 82.5 Å². The Morgan fingerprint density at radius 2 is 1.86 bits per heavy atom. The van der Waals surface area contributed by atoms with Crippen molar-refractivity contribution in [1.82, 2.24) is 0 Å². The van der Waals surface area contributed by atoms with Gasteiger partial charge in [0.2, 0.25) is 0 Å². The van der Waals surface area contributed by atoms with E-state index in [0.29, 0.717) is 0 Å². The van der Waals surface area contributed by atoms with E-state index in [1.54, 1.807) is 20.8 Å². The van der Waals surface area contributed by atoms with Gasteiger partial charge in [-0.3, -0.25) is 4.79 Å². The third kappa shape index (κ3) is 5.50. The molecule has 14 heavy (non-hydrogen) atoms. The van der Waals surface area contributed by atoms with Gasteiger partial charge < -0.3 is 15.3 Å². The lowest BCUT2D eigenvalue weighted by atomic mass is 10.2. The highest BCUT2D eigenvalue weighted by Crippen LogP contribution is 2.08. The smallest absolute Gasteiger partial charge is 0.341 e. The quantitative estimate of drug-likeness (QED) is 0.472. The van der Waals surface area contributed by atoms with Gasteiger partial charge in [-0.25, -0.2) is 4.79 Å². The summed E-state index contributed by atoms with van der Waals surface area (Å²) in [6, 6.07) is -1.07. The summed E-state index contributed by atoms with van der Waals surface area (Å²) < 4.78 is 4.94. The summed E-state index contributed by atoms with van der Waals surface area (Å²) in [7, 11) is 0. The molecule has 0 spiro atoms. The van der Waals surface area contributed by atoms with Crippen LogP contribution in [0.4, 0.5) is 0 Å². The molecular weight excluding hydrogens is 188 g/mol. The maximum Gasteiger partial charge on any atom is 0.341 e. The van der Waals surface area contributed by atoms with Crippen molar-refractivity contribution in [3.63, 3.8) is 0 Å². The third-order valence-corrected chi connectivity index (χ3v) is 1.23. The predicted octanol–water partition coefficient (Wildman–Crippen LogP) is -0.538. The van der Waals surface area contributed by atoms with Crippen LogP contribution in [0.15, 0.2) is 0 Å². The van der Waals surface area contributed by atoms with E-state index < -0.39 is 23.6 Å². The van der Waals surface area contributed by atoms with Gasteiger partial charge in [-0.05, 0) is 20.8 Å². The first-order valence-electron chi connectivity index (χ1n) is 4.14. The van der Waals surface area contributed by atoms with Gasteiger partial charge in [0.05, 0.1) is 6.42 Å². The van der Waals surface area contributed by atoms with E-state index >= 15 is 0 Å². The van der Waals surface area contributed by atoms with Gasteiger partial charge in [0.1, 0.15) is 11.6 Å². The van der Waals surface area contributed by atoms with Gasteiger partial charge in [0.25, 0.3) is 0 Å². The van der Waals surface area contributed by atoms with E-state index in [1.807, 2.05) is 0 Å². The standard InChI is InChI=1S/C8H16N2O4/c1-8(2,3)13-6(11)4-5(9)7(12)14-10/h5H,4,9-10H2,1-3H3/t5-/m0/s1. The molecule has 6 nitrogen and oxygen atoms in total. The molecule has 0 aromatic carbocycles. The molecule has 82 valence electrons. The van der Waals surface area contributed by atoms with Crippen LogP contribution in [0.1, 0.15) is 27.2 Å². The number of hydrogen-bond donors (Lipinski definition) is 2. The zero-order valence-electron chi connectivity index (χ0n) is 8.57. The summed E-state index contributed by atoms with van der Waals surface area (Å²) in [5.74, 6) is 3.20. The van der Waals surface area contributed by atoms with E-state index in [-0.39, 0.29) is 6.42 Å². The zero-order chi connectivity index (χ0) is 11.4. The average molecular weight is 204 g/mol. The van der Waals surface area contributed by atoms with Gasteiger partial charge in [0.15, 0.2) is 0 Å². The lowest BCUT2D eigenvalue weighted by Crippen LogP contribution is -2.37. The van der Waals surface area contributed by atoms with Crippen molar-refractivity contribution >= 4 is 11.9 Å². The molecule has 0 bridgehead atoms. The number of ether oxygens (including phenoxy) is 1. The first kappa shape index (κ1) is 12.9. The zero-order valence-corrected chi connectivity index (χ0v) is 8.57. The van der Waals surface area contributed by atoms with E-state index in [0.717, 1.165) is 0 Å². The molecule has 0 amide bonds. The summed E-state index contributed by atoms with van der Waals surface area (Å²) in [5.41, 5.74) is 4.70. The number of carbonyl (C=O) groups excluding carboxylic acids is 2. The second-order valence-corrected chi connectivity index (χ2v) is 3.83. The Balaban J connectivity index is 4.01. The maximum atomic E-state index is 11.1. The number of nitrogens with two attached hydrogens (primary N) is 2. The molecule has 0 aliphatic carbocycles. The van der Waals surface area contributed by atoms with Crippen LogP contribution in [0.2, 0.25) is 0 Å². The maximum absolute atomic E-state index is 11.1. The van der Waals surface area contributed by atoms with Crippen LogP contribution in [-0.2, 0) is 19.2 Å². The fourth-order valence-electron chi connectivity index (χ4n) is 0.733. The molecule has 0 unspecified atom stereocenters. The summed E-state index contributed by atoms with van der Waals surface area (Å²) in [5, 5.41) is 0. The second-order valence-electron chi connectivity index (χ2n) is 3.83. The summed E-state index contributed by atoms with van der Waals surface area (Å²) in [6.45, 7) is 5.16. The molecule has 0 heterocycles. The lowest BCUT2D eigenvalue weighted by Gasteiger charge is -2.20. The molecule has 0 saturated heterocycles. The van der Waals surface area contributed by atoms with Crippen LogP contribution >= 0.6 is 0 Å². The van der Waals surface area contributed by atoms with Crippen molar-refractivity contribution in [2.24, 2.45) is 11.6 Å². The molecule has 0 aliphatic rings. The Hall–Kier alpha value is -1.14. The van der Waals surface area contributed by atoms with Crippen molar-refractivity contribution in [2.45, 2.75) is 38.8 Å². The van der Waals surface area contributed by atoms with Crippen molar-refractivity contribution < 1.29 is 19.2 Å². The first-order chi connectivity index (χ1) is 6.26. The van der Waals surface area contributed by atoms with Crippen molar-refractivity contribution in [1.29, 1.82) is 0 Å². The van der Waals surface area contributed by atoms with E-state index in [4.69, 9.17) is 10.5 Å². The Kier molecular flexibility index (Phi) is 4.52. The van der Waals surface area contributed by atoms with Gasteiger partial charge in [-0.1, -0.05) is 0 Å². The van der Waals surface area contributed by atoms with Crippen LogP contribution in [0.25, 0.3) is 0 Å². The Morgan fingerprint density at radius 1 is 1.36 bits per heavy atom. The van der Waals surface area contributed by atoms with Crippen LogP contribution < -0.4 is 11.6 Å². The molecule has 0 fully saturated rings. The number of carbonyl (C=O) groups is 2. The minimum absolute atomic E-state index is 0.243. The van der Waals surface area contributed by atoms with E-state index in [2.05, 4.69) is 10.7 Å². The molecular formula is C8H16N2O4. The normalized spacial score (nSPS) is 13.2. The van der Waals surface area contributed by atoms with Gasteiger partial charge in [0, 0.05) is 0 Å². The van der Waals surface area contributed by atoms with Crippen molar-refractivity contribution in [3.8, 4) is 0 Å². The fraction of sp³-hybridized carbons (Fsp3) is 0.750. The predicted molar refractivity (Wildman–Crippen MR) is 48.7 cm³/mol. The summed E-state index contributed by atoms with van der Waals surface area (Å²) in [4.78, 5) is 25.7. The van der Waals surface area contributed by atoms with Crippen molar-refractivity contribution in [2.75, 3.05) is 0 Å². The molecule has 6 heteroatoms. The highest BCUT2D eigenvalue weighted by Gasteiger charge is 2.23. The van der Waals surface area contributed by atoms with Crippen molar-refractivity contribution in [3.05, 3.63) is 0 Å². The summed E-state index contributed by atoms with van der Waals surface area (Å²) >= 11 is 0. The van der Waals surface area contributed by atoms with Gasteiger partial charge >= 0.3 is 11.9 Å². The topological polar surface area (TPSA) is 105 Å². The minimum Gasteiger partial charge on any atom is -0.460 e. The molecule has 0 rings (SSSR count). The Bertz CT molecular complexity index is 222. The SMILES string of the molecule is CC(C)(C)OC(=O)C[C@H](N)C(=O)ON. The molecule has 0 saturated carbocycles.